The summed E-state index contributed by atoms with van der Waals surface area (Å²) >= 11 is 0. The molecule has 9 heteroatoms. The summed E-state index contributed by atoms with van der Waals surface area (Å²) in [6.07, 6.45) is 2.62. The molecule has 0 aromatic heterocycles. The lowest BCUT2D eigenvalue weighted by Gasteiger charge is -2.32. The van der Waals surface area contributed by atoms with Crippen molar-refractivity contribution in [3.8, 4) is 0 Å². The molecule has 1 fully saturated rings. The SMILES string of the molecule is CCC(=O)Nc1ccc(S(=O)(=O)NCCC2CCN(C(=O)c3ccc(F)cc3)CC2)cc1. The number of carbonyl (C=O) groups is 2. The molecule has 3 rings (SSSR count). The molecule has 1 aliphatic rings. The zero-order valence-electron chi connectivity index (χ0n) is 18.0. The summed E-state index contributed by atoms with van der Waals surface area (Å²) < 4.78 is 40.7. The van der Waals surface area contributed by atoms with Gasteiger partial charge in [0.25, 0.3) is 5.91 Å². The molecule has 2 amide bonds. The topological polar surface area (TPSA) is 95.6 Å². The van der Waals surface area contributed by atoms with E-state index < -0.39 is 10.0 Å². The van der Waals surface area contributed by atoms with Crippen LogP contribution in [-0.2, 0) is 14.8 Å². The lowest BCUT2D eigenvalue weighted by Crippen LogP contribution is -2.39. The molecule has 2 aromatic rings. The highest BCUT2D eigenvalue weighted by atomic mass is 32.2. The summed E-state index contributed by atoms with van der Waals surface area (Å²) in [7, 11) is -3.63. The Morgan fingerprint density at radius 3 is 2.25 bits per heavy atom. The molecule has 1 aliphatic heterocycles. The van der Waals surface area contributed by atoms with E-state index in [9.17, 15) is 22.4 Å². The number of sulfonamides is 1. The number of amides is 2. The number of hydrogen-bond acceptors (Lipinski definition) is 4. The predicted molar refractivity (Wildman–Crippen MR) is 120 cm³/mol. The minimum Gasteiger partial charge on any atom is -0.339 e. The Morgan fingerprint density at radius 2 is 1.66 bits per heavy atom. The average Bonchev–Trinajstić information content (AvgIpc) is 2.80. The van der Waals surface area contributed by atoms with Crippen molar-refractivity contribution in [3.05, 3.63) is 59.9 Å². The van der Waals surface area contributed by atoms with Gasteiger partial charge in [0.05, 0.1) is 4.90 Å². The Kier molecular flexibility index (Phi) is 7.98. The van der Waals surface area contributed by atoms with Gasteiger partial charge in [-0.2, -0.15) is 0 Å². The smallest absolute Gasteiger partial charge is 0.253 e. The third-order valence-electron chi connectivity index (χ3n) is 5.61. The molecule has 7 nitrogen and oxygen atoms in total. The van der Waals surface area contributed by atoms with Gasteiger partial charge in [0.15, 0.2) is 0 Å². The number of benzene rings is 2. The molecule has 172 valence electrons. The van der Waals surface area contributed by atoms with Crippen molar-refractivity contribution < 1.29 is 22.4 Å². The maximum absolute atomic E-state index is 13.0. The first-order valence-corrected chi connectivity index (χ1v) is 12.2. The van der Waals surface area contributed by atoms with Crippen molar-refractivity contribution in [2.45, 2.75) is 37.5 Å². The molecule has 2 aromatic carbocycles. The third kappa shape index (κ3) is 6.37. The first kappa shape index (κ1) is 23.9. The van der Waals surface area contributed by atoms with E-state index in [2.05, 4.69) is 10.0 Å². The van der Waals surface area contributed by atoms with Crippen LogP contribution in [0.4, 0.5) is 10.1 Å². The van der Waals surface area contributed by atoms with Crippen LogP contribution in [-0.4, -0.2) is 44.8 Å². The molecule has 0 bridgehead atoms. The normalized spacial score (nSPS) is 14.9. The van der Waals surface area contributed by atoms with Gasteiger partial charge in [-0.25, -0.2) is 17.5 Å². The number of halogens is 1. The van der Waals surface area contributed by atoms with Crippen LogP contribution in [0, 0.1) is 11.7 Å². The maximum Gasteiger partial charge on any atom is 0.253 e. The molecule has 2 N–H and O–H groups in total. The second-order valence-electron chi connectivity index (χ2n) is 7.86. The average molecular weight is 462 g/mol. The highest BCUT2D eigenvalue weighted by Crippen LogP contribution is 2.22. The van der Waals surface area contributed by atoms with Crippen LogP contribution in [0.2, 0.25) is 0 Å². The molecule has 0 unspecified atom stereocenters. The van der Waals surface area contributed by atoms with Gasteiger partial charge in [0.1, 0.15) is 5.82 Å². The Hall–Kier alpha value is -2.78. The van der Waals surface area contributed by atoms with E-state index in [1.165, 1.54) is 36.4 Å². The standard InChI is InChI=1S/C23H28FN3O4S/c1-2-22(28)26-20-7-9-21(10-8-20)32(30,31)25-14-11-17-12-15-27(16-13-17)23(29)18-3-5-19(24)6-4-18/h3-10,17,25H,2,11-16H2,1H3,(H,26,28). The van der Waals surface area contributed by atoms with Crippen LogP contribution in [0.1, 0.15) is 43.0 Å². The van der Waals surface area contributed by atoms with Gasteiger partial charge in [-0.05, 0) is 73.7 Å². The molecule has 0 saturated carbocycles. The third-order valence-corrected chi connectivity index (χ3v) is 7.08. The van der Waals surface area contributed by atoms with Crippen LogP contribution < -0.4 is 10.0 Å². The van der Waals surface area contributed by atoms with Gasteiger partial charge in [-0.3, -0.25) is 9.59 Å². The Bertz CT molecular complexity index is 1030. The Balaban J connectivity index is 1.44. The summed E-state index contributed by atoms with van der Waals surface area (Å²) in [4.78, 5) is 25.8. The number of likely N-dealkylation sites (tertiary alicyclic amines) is 1. The molecule has 0 spiro atoms. The molecule has 0 atom stereocenters. The minimum atomic E-state index is -3.63. The van der Waals surface area contributed by atoms with E-state index >= 15 is 0 Å². The van der Waals surface area contributed by atoms with Gasteiger partial charge in [-0.1, -0.05) is 6.92 Å². The van der Waals surface area contributed by atoms with Gasteiger partial charge >= 0.3 is 0 Å². The van der Waals surface area contributed by atoms with Crippen LogP contribution in [0.3, 0.4) is 0 Å². The molecular formula is C23H28FN3O4S. The maximum atomic E-state index is 13.0. The van der Waals surface area contributed by atoms with Crippen molar-refractivity contribution in [1.82, 2.24) is 9.62 Å². The predicted octanol–water partition coefficient (Wildman–Crippen LogP) is 3.40. The summed E-state index contributed by atoms with van der Waals surface area (Å²) in [6.45, 7) is 3.25. The summed E-state index contributed by atoms with van der Waals surface area (Å²) in [5, 5.41) is 2.68. The summed E-state index contributed by atoms with van der Waals surface area (Å²) in [5.74, 6) is -0.296. The fourth-order valence-electron chi connectivity index (χ4n) is 3.65. The van der Waals surface area contributed by atoms with Crippen molar-refractivity contribution >= 4 is 27.5 Å². The molecule has 0 aliphatic carbocycles. The minimum absolute atomic E-state index is 0.109. The van der Waals surface area contributed by atoms with Crippen LogP contribution in [0.5, 0.6) is 0 Å². The molecule has 1 saturated heterocycles. The molecular weight excluding hydrogens is 433 g/mol. The highest BCUT2D eigenvalue weighted by molar-refractivity contribution is 7.89. The number of piperidine rings is 1. The van der Waals surface area contributed by atoms with Gasteiger partial charge in [-0.15, -0.1) is 0 Å². The first-order valence-electron chi connectivity index (χ1n) is 10.7. The van der Waals surface area contributed by atoms with E-state index in [1.54, 1.807) is 24.0 Å². The molecule has 32 heavy (non-hydrogen) atoms. The fourth-order valence-corrected chi connectivity index (χ4v) is 4.69. The van der Waals surface area contributed by atoms with Gasteiger partial charge < -0.3 is 10.2 Å². The van der Waals surface area contributed by atoms with E-state index in [0.29, 0.717) is 49.6 Å². The monoisotopic (exact) mass is 461 g/mol. The lowest BCUT2D eigenvalue weighted by molar-refractivity contribution is -0.115. The van der Waals surface area contributed by atoms with Crippen LogP contribution >= 0.6 is 0 Å². The highest BCUT2D eigenvalue weighted by Gasteiger charge is 2.24. The quantitative estimate of drug-likeness (QED) is 0.630. The van der Waals surface area contributed by atoms with Gasteiger partial charge in [0.2, 0.25) is 15.9 Å². The number of nitrogens with zero attached hydrogens (tertiary/aromatic N) is 1. The lowest BCUT2D eigenvalue weighted by atomic mass is 9.93. The molecule has 0 radical (unpaired) electrons. The van der Waals surface area contributed by atoms with E-state index in [-0.39, 0.29) is 22.5 Å². The molecule has 1 heterocycles. The number of anilines is 1. The Morgan fingerprint density at radius 1 is 1.03 bits per heavy atom. The van der Waals surface area contributed by atoms with E-state index in [1.807, 2.05) is 0 Å². The zero-order valence-corrected chi connectivity index (χ0v) is 18.8. The number of nitrogens with one attached hydrogen (secondary N) is 2. The Labute approximate surface area is 188 Å². The first-order chi connectivity index (χ1) is 15.3. The number of carbonyl (C=O) groups excluding carboxylic acids is 2. The fraction of sp³-hybridized carbons (Fsp3) is 0.391. The van der Waals surface area contributed by atoms with Crippen LogP contribution in [0.15, 0.2) is 53.4 Å². The zero-order chi connectivity index (χ0) is 23.1. The second-order valence-corrected chi connectivity index (χ2v) is 9.62. The number of rotatable bonds is 8. The largest absolute Gasteiger partial charge is 0.339 e. The van der Waals surface area contributed by atoms with E-state index in [4.69, 9.17) is 0 Å². The second kappa shape index (κ2) is 10.7. The van der Waals surface area contributed by atoms with Crippen molar-refractivity contribution in [3.63, 3.8) is 0 Å². The summed E-state index contributed by atoms with van der Waals surface area (Å²) in [6, 6.07) is 11.6. The summed E-state index contributed by atoms with van der Waals surface area (Å²) in [5.41, 5.74) is 1.02. The van der Waals surface area contributed by atoms with Crippen molar-refractivity contribution in [2.75, 3.05) is 25.0 Å². The van der Waals surface area contributed by atoms with Crippen LogP contribution in [0.25, 0.3) is 0 Å². The van der Waals surface area contributed by atoms with Crippen molar-refractivity contribution in [2.24, 2.45) is 5.92 Å². The van der Waals surface area contributed by atoms with Gasteiger partial charge in [0, 0.05) is 37.3 Å². The number of hydrogen-bond donors (Lipinski definition) is 2. The van der Waals surface area contributed by atoms with Crippen molar-refractivity contribution in [1.29, 1.82) is 0 Å². The van der Waals surface area contributed by atoms with E-state index in [0.717, 1.165) is 12.8 Å².